The van der Waals surface area contributed by atoms with Crippen molar-refractivity contribution in [3.8, 4) is 0 Å². The van der Waals surface area contributed by atoms with Gasteiger partial charge in [0.25, 0.3) is 0 Å². The number of ether oxygens (including phenoxy) is 1. The first-order valence-corrected chi connectivity index (χ1v) is 5.88. The van der Waals surface area contributed by atoms with Crippen LogP contribution in [0.15, 0.2) is 18.2 Å². The lowest BCUT2D eigenvalue weighted by Gasteiger charge is -2.27. The average molecular weight is 220 g/mol. The van der Waals surface area contributed by atoms with Gasteiger partial charge in [-0.1, -0.05) is 18.2 Å². The van der Waals surface area contributed by atoms with Gasteiger partial charge in [-0.25, -0.2) is 5.01 Å². The van der Waals surface area contributed by atoms with E-state index in [1.54, 1.807) is 0 Å². The average Bonchev–Trinajstić information content (AvgIpc) is 2.30. The molecule has 1 fully saturated rings. The summed E-state index contributed by atoms with van der Waals surface area (Å²) in [6.45, 7) is 8.88. The number of aryl methyl sites for hydroxylation is 2. The predicted octanol–water partition coefficient (Wildman–Crippen LogP) is 1.64. The van der Waals surface area contributed by atoms with Crippen LogP contribution in [0.2, 0.25) is 0 Å². The number of rotatable bonds is 3. The zero-order chi connectivity index (χ0) is 11.4. The van der Waals surface area contributed by atoms with E-state index in [0.29, 0.717) is 0 Å². The quantitative estimate of drug-likeness (QED) is 0.838. The van der Waals surface area contributed by atoms with Gasteiger partial charge in [-0.15, -0.1) is 0 Å². The molecule has 1 aromatic rings. The van der Waals surface area contributed by atoms with Crippen molar-refractivity contribution in [3.63, 3.8) is 0 Å². The molecule has 16 heavy (non-hydrogen) atoms. The summed E-state index contributed by atoms with van der Waals surface area (Å²) in [4.78, 5) is 0. The molecule has 1 heterocycles. The van der Waals surface area contributed by atoms with Gasteiger partial charge in [-0.3, -0.25) is 5.43 Å². The number of hydrogen-bond acceptors (Lipinski definition) is 3. The van der Waals surface area contributed by atoms with E-state index in [2.05, 4.69) is 42.5 Å². The van der Waals surface area contributed by atoms with Gasteiger partial charge in [-0.2, -0.15) is 0 Å². The third-order valence-corrected chi connectivity index (χ3v) is 3.13. The maximum atomic E-state index is 5.32. The molecule has 0 unspecified atom stereocenters. The molecule has 0 aliphatic carbocycles. The molecule has 1 aliphatic rings. The zero-order valence-electron chi connectivity index (χ0n) is 10.1. The van der Waals surface area contributed by atoms with Crippen LogP contribution >= 0.6 is 0 Å². The summed E-state index contributed by atoms with van der Waals surface area (Å²) in [6, 6.07) is 6.45. The topological polar surface area (TPSA) is 24.5 Å². The molecule has 3 heteroatoms. The maximum absolute atomic E-state index is 5.32. The molecular weight excluding hydrogens is 200 g/mol. The number of hydrogen-bond donors (Lipinski definition) is 1. The molecule has 1 aromatic carbocycles. The molecule has 1 N–H and O–H groups in total. The van der Waals surface area contributed by atoms with Gasteiger partial charge in [0.1, 0.15) is 0 Å². The highest BCUT2D eigenvalue weighted by Crippen LogP contribution is 2.12. The van der Waals surface area contributed by atoms with Crippen LogP contribution in [0.25, 0.3) is 0 Å². The fraction of sp³-hybridized carbons (Fsp3) is 0.538. The summed E-state index contributed by atoms with van der Waals surface area (Å²) in [5.41, 5.74) is 7.61. The monoisotopic (exact) mass is 220 g/mol. The second-order valence-electron chi connectivity index (χ2n) is 4.30. The fourth-order valence-electron chi connectivity index (χ4n) is 2.04. The van der Waals surface area contributed by atoms with Crippen molar-refractivity contribution in [1.29, 1.82) is 0 Å². The van der Waals surface area contributed by atoms with E-state index in [1.165, 1.54) is 16.7 Å². The molecule has 88 valence electrons. The summed E-state index contributed by atoms with van der Waals surface area (Å²) < 4.78 is 5.32. The molecule has 2 rings (SSSR count). The fourth-order valence-corrected chi connectivity index (χ4v) is 2.04. The van der Waals surface area contributed by atoms with E-state index in [0.717, 1.165) is 32.8 Å². The van der Waals surface area contributed by atoms with E-state index in [4.69, 9.17) is 4.74 Å². The lowest BCUT2D eigenvalue weighted by molar-refractivity contribution is 0.0105. The summed E-state index contributed by atoms with van der Waals surface area (Å²) in [7, 11) is 0. The molecule has 3 nitrogen and oxygen atoms in total. The van der Waals surface area contributed by atoms with E-state index in [-0.39, 0.29) is 0 Å². The second kappa shape index (κ2) is 5.43. The first-order chi connectivity index (χ1) is 7.77. The Labute approximate surface area is 97.4 Å². The van der Waals surface area contributed by atoms with E-state index >= 15 is 0 Å². The molecule has 0 amide bonds. The van der Waals surface area contributed by atoms with Crippen molar-refractivity contribution < 1.29 is 4.74 Å². The van der Waals surface area contributed by atoms with Crippen molar-refractivity contribution in [2.45, 2.75) is 20.4 Å². The Morgan fingerprint density at radius 3 is 2.44 bits per heavy atom. The van der Waals surface area contributed by atoms with Crippen LogP contribution < -0.4 is 5.43 Å². The molecule has 0 aromatic heterocycles. The highest BCUT2D eigenvalue weighted by atomic mass is 16.5. The molecule has 0 spiro atoms. The highest BCUT2D eigenvalue weighted by molar-refractivity contribution is 5.33. The Hall–Kier alpha value is -0.900. The van der Waals surface area contributed by atoms with Crippen molar-refractivity contribution >= 4 is 0 Å². The first-order valence-electron chi connectivity index (χ1n) is 5.88. The largest absolute Gasteiger partial charge is 0.379 e. The molecule has 0 radical (unpaired) electrons. The van der Waals surface area contributed by atoms with Crippen molar-refractivity contribution in [2.75, 3.05) is 26.3 Å². The SMILES string of the molecule is Cc1cccc(C)c1CNN1CCOCC1. The van der Waals surface area contributed by atoms with Crippen LogP contribution in [-0.2, 0) is 11.3 Å². The molecule has 1 saturated heterocycles. The molecular formula is C13H20N2O. The second-order valence-corrected chi connectivity index (χ2v) is 4.30. The third kappa shape index (κ3) is 2.82. The predicted molar refractivity (Wildman–Crippen MR) is 65.1 cm³/mol. The third-order valence-electron chi connectivity index (χ3n) is 3.13. The van der Waals surface area contributed by atoms with Crippen molar-refractivity contribution in [1.82, 2.24) is 10.4 Å². The number of morpholine rings is 1. The normalized spacial score (nSPS) is 17.6. The van der Waals surface area contributed by atoms with Crippen LogP contribution in [0.4, 0.5) is 0 Å². The lowest BCUT2D eigenvalue weighted by atomic mass is 10.0. The summed E-state index contributed by atoms with van der Waals surface area (Å²) >= 11 is 0. The van der Waals surface area contributed by atoms with Crippen LogP contribution in [0, 0.1) is 13.8 Å². The maximum Gasteiger partial charge on any atom is 0.0608 e. The minimum atomic E-state index is 0.833. The molecule has 0 bridgehead atoms. The summed E-state index contributed by atoms with van der Waals surface area (Å²) in [5, 5.41) is 2.25. The minimum Gasteiger partial charge on any atom is -0.379 e. The highest BCUT2D eigenvalue weighted by Gasteiger charge is 2.10. The van der Waals surface area contributed by atoms with Gasteiger partial charge in [0.15, 0.2) is 0 Å². The minimum absolute atomic E-state index is 0.833. The van der Waals surface area contributed by atoms with Gasteiger partial charge in [-0.05, 0) is 30.5 Å². The Kier molecular flexibility index (Phi) is 3.93. The van der Waals surface area contributed by atoms with Crippen LogP contribution in [0.3, 0.4) is 0 Å². The van der Waals surface area contributed by atoms with Gasteiger partial charge in [0.2, 0.25) is 0 Å². The van der Waals surface area contributed by atoms with E-state index in [9.17, 15) is 0 Å². The lowest BCUT2D eigenvalue weighted by Crippen LogP contribution is -2.45. The smallest absolute Gasteiger partial charge is 0.0608 e. The van der Waals surface area contributed by atoms with E-state index in [1.807, 2.05) is 0 Å². The van der Waals surface area contributed by atoms with Crippen LogP contribution in [0.1, 0.15) is 16.7 Å². The molecule has 0 saturated carbocycles. The van der Waals surface area contributed by atoms with Crippen LogP contribution in [0.5, 0.6) is 0 Å². The first kappa shape index (κ1) is 11.6. The van der Waals surface area contributed by atoms with Gasteiger partial charge in [0.05, 0.1) is 13.2 Å². The Bertz CT molecular complexity index is 326. The number of benzene rings is 1. The van der Waals surface area contributed by atoms with Crippen molar-refractivity contribution in [2.24, 2.45) is 0 Å². The Balaban J connectivity index is 1.93. The van der Waals surface area contributed by atoms with Gasteiger partial charge >= 0.3 is 0 Å². The van der Waals surface area contributed by atoms with Gasteiger partial charge < -0.3 is 4.74 Å². The standard InChI is InChI=1S/C13H20N2O/c1-11-4-3-5-12(2)13(11)10-14-15-6-8-16-9-7-15/h3-5,14H,6-10H2,1-2H3. The molecule has 1 aliphatic heterocycles. The number of nitrogens with zero attached hydrogens (tertiary/aromatic N) is 1. The van der Waals surface area contributed by atoms with Gasteiger partial charge in [0, 0.05) is 19.6 Å². The summed E-state index contributed by atoms with van der Waals surface area (Å²) in [5.74, 6) is 0. The Morgan fingerprint density at radius 2 is 1.81 bits per heavy atom. The summed E-state index contributed by atoms with van der Waals surface area (Å²) in [6.07, 6.45) is 0. The number of hydrazine groups is 1. The van der Waals surface area contributed by atoms with Crippen molar-refractivity contribution in [3.05, 3.63) is 34.9 Å². The Morgan fingerprint density at radius 1 is 1.19 bits per heavy atom. The van der Waals surface area contributed by atoms with Crippen LogP contribution in [-0.4, -0.2) is 31.3 Å². The molecule has 0 atom stereocenters. The zero-order valence-corrected chi connectivity index (χ0v) is 10.1. The number of nitrogens with one attached hydrogen (secondary N) is 1. The van der Waals surface area contributed by atoms with E-state index < -0.39 is 0 Å².